The Bertz CT molecular complexity index is 883. The first-order valence-electron chi connectivity index (χ1n) is 6.02. The van der Waals surface area contributed by atoms with Gasteiger partial charge in [-0.15, -0.1) is 0 Å². The van der Waals surface area contributed by atoms with E-state index < -0.39 is 0 Å². The lowest BCUT2D eigenvalue weighted by Gasteiger charge is -2.08. The lowest BCUT2D eigenvalue weighted by Crippen LogP contribution is -2.13. The molecule has 3 nitrogen and oxygen atoms in total. The molecular weight excluding hydrogens is 260 g/mol. The van der Waals surface area contributed by atoms with Gasteiger partial charge in [0.1, 0.15) is 5.82 Å². The first kappa shape index (κ1) is 10.8. The summed E-state index contributed by atoms with van der Waals surface area (Å²) >= 11 is 5.95. The molecule has 4 heteroatoms. The molecule has 0 saturated carbocycles. The van der Waals surface area contributed by atoms with Crippen molar-refractivity contribution >= 4 is 22.5 Å². The van der Waals surface area contributed by atoms with E-state index in [0.29, 0.717) is 10.4 Å². The summed E-state index contributed by atoms with van der Waals surface area (Å²) in [5.74, 6) is 0.746. The molecule has 0 N–H and O–H groups in total. The van der Waals surface area contributed by atoms with Crippen LogP contribution < -0.4 is 5.56 Å². The summed E-state index contributed by atoms with van der Waals surface area (Å²) in [6, 6.07) is 13.4. The monoisotopic (exact) mass is 268 g/mol. The zero-order valence-corrected chi connectivity index (χ0v) is 10.7. The van der Waals surface area contributed by atoms with Crippen LogP contribution in [0.25, 0.3) is 22.3 Å². The fourth-order valence-corrected chi connectivity index (χ4v) is 2.83. The summed E-state index contributed by atoms with van der Waals surface area (Å²) in [6.07, 6.45) is 0. The molecule has 2 heterocycles. The Balaban J connectivity index is 2.15. The summed E-state index contributed by atoms with van der Waals surface area (Å²) in [6.45, 7) is 0.747. The average Bonchev–Trinajstić information content (AvgIpc) is 2.78. The Morgan fingerprint density at radius 2 is 2.00 bits per heavy atom. The van der Waals surface area contributed by atoms with Crippen LogP contribution in [0.3, 0.4) is 0 Å². The quantitative estimate of drug-likeness (QED) is 0.491. The maximum atomic E-state index is 12.1. The lowest BCUT2D eigenvalue weighted by molar-refractivity contribution is 0.853. The Kier molecular flexibility index (Phi) is 2.09. The zero-order chi connectivity index (χ0) is 13.0. The molecule has 0 aliphatic carbocycles. The first-order valence-corrected chi connectivity index (χ1v) is 6.40. The number of hydrogen-bond acceptors (Lipinski definition) is 2. The average molecular weight is 269 g/mol. The molecule has 92 valence electrons. The van der Waals surface area contributed by atoms with Gasteiger partial charge < -0.3 is 4.57 Å². The van der Waals surface area contributed by atoms with Crippen molar-refractivity contribution in [2.75, 3.05) is 0 Å². The molecule has 19 heavy (non-hydrogen) atoms. The second-order valence-corrected chi connectivity index (χ2v) is 5.08. The first-order chi connectivity index (χ1) is 9.24. The van der Waals surface area contributed by atoms with Gasteiger partial charge in [-0.2, -0.15) is 4.98 Å². The Labute approximate surface area is 114 Å². The maximum Gasteiger partial charge on any atom is 0.281 e. The number of rotatable bonds is 0. The molecule has 0 spiro atoms. The molecule has 0 fully saturated rings. The predicted octanol–water partition coefficient (Wildman–Crippen LogP) is 3.08. The van der Waals surface area contributed by atoms with Crippen molar-refractivity contribution in [1.29, 1.82) is 0 Å². The van der Waals surface area contributed by atoms with Gasteiger partial charge in [0.25, 0.3) is 5.56 Å². The van der Waals surface area contributed by atoms with Crippen molar-refractivity contribution in [3.63, 3.8) is 0 Å². The highest BCUT2D eigenvalue weighted by atomic mass is 35.5. The van der Waals surface area contributed by atoms with Crippen LogP contribution in [-0.4, -0.2) is 9.55 Å². The minimum Gasteiger partial charge on any atom is -0.321 e. The van der Waals surface area contributed by atoms with Gasteiger partial charge in [-0.3, -0.25) is 4.79 Å². The fraction of sp³-hybridized carbons (Fsp3) is 0.0667. The topological polar surface area (TPSA) is 34.9 Å². The van der Waals surface area contributed by atoms with Crippen LogP contribution in [0.5, 0.6) is 0 Å². The molecular formula is C15H9ClN2O. The summed E-state index contributed by atoms with van der Waals surface area (Å²) in [7, 11) is 0. The Morgan fingerprint density at radius 3 is 2.89 bits per heavy atom. The summed E-state index contributed by atoms with van der Waals surface area (Å²) < 4.78 is 2.07. The third-order valence-corrected chi connectivity index (χ3v) is 3.76. The number of halogens is 1. The highest BCUT2D eigenvalue weighted by molar-refractivity contribution is 6.31. The van der Waals surface area contributed by atoms with Gasteiger partial charge in [0.05, 0.1) is 17.4 Å². The molecule has 0 amide bonds. The molecule has 2 aromatic carbocycles. The van der Waals surface area contributed by atoms with Gasteiger partial charge in [0, 0.05) is 10.6 Å². The van der Waals surface area contributed by atoms with Gasteiger partial charge in [0.2, 0.25) is 0 Å². The van der Waals surface area contributed by atoms with Crippen molar-refractivity contribution in [3.8, 4) is 11.4 Å². The number of fused-ring (bicyclic) bond motifs is 5. The summed E-state index contributed by atoms with van der Waals surface area (Å²) in [5.41, 5.74) is 2.89. The molecule has 0 bridgehead atoms. The number of nitrogens with zero attached hydrogens (tertiary/aromatic N) is 2. The van der Waals surface area contributed by atoms with Crippen LogP contribution in [0, 0.1) is 0 Å². The summed E-state index contributed by atoms with van der Waals surface area (Å²) in [4.78, 5) is 16.3. The minimum atomic E-state index is -0.222. The van der Waals surface area contributed by atoms with E-state index in [-0.39, 0.29) is 5.56 Å². The van der Waals surface area contributed by atoms with E-state index in [1.807, 2.05) is 24.3 Å². The molecule has 0 unspecified atom stereocenters. The standard InChI is InChI=1S/C15H9ClN2O/c16-10-5-6-13-12(7-10)15(19)17-14-11-4-2-1-3-9(11)8-18(13)14/h1-7H,8H2. The van der Waals surface area contributed by atoms with Gasteiger partial charge in [0.15, 0.2) is 0 Å². The Hall–Kier alpha value is -2.13. The highest BCUT2D eigenvalue weighted by Gasteiger charge is 2.21. The van der Waals surface area contributed by atoms with Crippen LogP contribution in [0.1, 0.15) is 5.56 Å². The van der Waals surface area contributed by atoms with Gasteiger partial charge in [-0.25, -0.2) is 0 Å². The van der Waals surface area contributed by atoms with Crippen LogP contribution in [0.15, 0.2) is 47.3 Å². The van der Waals surface area contributed by atoms with E-state index >= 15 is 0 Å². The third kappa shape index (κ3) is 1.45. The lowest BCUT2D eigenvalue weighted by atomic mass is 10.1. The molecule has 1 aliphatic heterocycles. The normalized spacial score (nSPS) is 12.5. The van der Waals surface area contributed by atoms with Crippen molar-refractivity contribution in [1.82, 2.24) is 9.55 Å². The van der Waals surface area contributed by atoms with E-state index in [2.05, 4.69) is 15.6 Å². The third-order valence-electron chi connectivity index (χ3n) is 3.53. The molecule has 1 aliphatic rings. The van der Waals surface area contributed by atoms with Crippen LogP contribution in [-0.2, 0) is 6.54 Å². The zero-order valence-electron chi connectivity index (χ0n) is 9.93. The van der Waals surface area contributed by atoms with Crippen LogP contribution in [0.2, 0.25) is 5.02 Å². The van der Waals surface area contributed by atoms with E-state index in [1.165, 1.54) is 5.56 Å². The number of aromatic nitrogens is 2. The van der Waals surface area contributed by atoms with E-state index in [0.717, 1.165) is 23.4 Å². The van der Waals surface area contributed by atoms with Crippen molar-refractivity contribution < 1.29 is 0 Å². The van der Waals surface area contributed by atoms with E-state index in [9.17, 15) is 4.79 Å². The van der Waals surface area contributed by atoms with Crippen LogP contribution in [0.4, 0.5) is 0 Å². The predicted molar refractivity (Wildman–Crippen MR) is 75.6 cm³/mol. The Morgan fingerprint density at radius 1 is 1.16 bits per heavy atom. The fourth-order valence-electron chi connectivity index (χ4n) is 2.66. The molecule has 0 atom stereocenters. The number of hydrogen-bond donors (Lipinski definition) is 0. The maximum absolute atomic E-state index is 12.1. The molecule has 1 aromatic heterocycles. The minimum absolute atomic E-state index is 0.222. The second-order valence-electron chi connectivity index (χ2n) is 4.65. The molecule has 4 rings (SSSR count). The van der Waals surface area contributed by atoms with Crippen LogP contribution >= 0.6 is 11.6 Å². The molecule has 3 aromatic rings. The summed E-state index contributed by atoms with van der Waals surface area (Å²) in [5, 5.41) is 1.13. The number of benzene rings is 2. The SMILES string of the molecule is O=c1nc2n(c3ccc(Cl)cc13)Cc1ccccc1-2. The van der Waals surface area contributed by atoms with Crippen molar-refractivity contribution in [3.05, 3.63) is 63.4 Å². The van der Waals surface area contributed by atoms with Gasteiger partial charge >= 0.3 is 0 Å². The smallest absolute Gasteiger partial charge is 0.281 e. The van der Waals surface area contributed by atoms with Crippen molar-refractivity contribution in [2.24, 2.45) is 0 Å². The largest absolute Gasteiger partial charge is 0.321 e. The van der Waals surface area contributed by atoms with E-state index in [1.54, 1.807) is 12.1 Å². The van der Waals surface area contributed by atoms with Gasteiger partial charge in [-0.05, 0) is 23.8 Å². The van der Waals surface area contributed by atoms with E-state index in [4.69, 9.17) is 11.6 Å². The van der Waals surface area contributed by atoms with Gasteiger partial charge in [-0.1, -0.05) is 35.9 Å². The highest BCUT2D eigenvalue weighted by Crippen LogP contribution is 2.32. The molecule has 0 radical (unpaired) electrons. The molecule has 0 saturated heterocycles. The second kappa shape index (κ2) is 3.68. The van der Waals surface area contributed by atoms with Crippen molar-refractivity contribution in [2.45, 2.75) is 6.54 Å².